The first-order valence-electron chi connectivity index (χ1n) is 17.0. The Labute approximate surface area is 299 Å². The van der Waals surface area contributed by atoms with Crippen molar-refractivity contribution < 1.29 is 27.1 Å². The first-order chi connectivity index (χ1) is 24.2. The number of rotatable bonds is 15. The van der Waals surface area contributed by atoms with E-state index in [1.807, 2.05) is 43.5 Å². The molecule has 0 heterocycles. The molecule has 0 spiro atoms. The van der Waals surface area contributed by atoms with Crippen molar-refractivity contribution in [2.45, 2.75) is 73.9 Å². The van der Waals surface area contributed by atoms with Gasteiger partial charge in [0, 0.05) is 23.9 Å². The first-order valence-corrected chi connectivity index (χ1v) is 19.6. The zero-order valence-electron chi connectivity index (χ0n) is 28.5. The third-order valence-electron chi connectivity index (χ3n) is 8.85. The van der Waals surface area contributed by atoms with Gasteiger partial charge in [-0.15, -0.1) is 11.8 Å². The van der Waals surface area contributed by atoms with Crippen molar-refractivity contribution in [2.75, 3.05) is 23.7 Å². The summed E-state index contributed by atoms with van der Waals surface area (Å²) in [6.45, 7) is 1.68. The summed E-state index contributed by atoms with van der Waals surface area (Å²) in [5, 5.41) is 3.20. The van der Waals surface area contributed by atoms with Gasteiger partial charge in [-0.1, -0.05) is 61.7 Å². The van der Waals surface area contributed by atoms with E-state index in [0.29, 0.717) is 17.9 Å². The molecule has 4 aromatic carbocycles. The average molecular weight is 718 g/mol. The van der Waals surface area contributed by atoms with E-state index in [4.69, 9.17) is 4.74 Å². The molecule has 1 N–H and O–H groups in total. The Bertz CT molecular complexity index is 1800. The zero-order valence-corrected chi connectivity index (χ0v) is 30.1. The summed E-state index contributed by atoms with van der Waals surface area (Å²) in [7, 11) is -4.25. The molecule has 1 atom stereocenters. The van der Waals surface area contributed by atoms with Crippen LogP contribution in [0.25, 0.3) is 0 Å². The van der Waals surface area contributed by atoms with Gasteiger partial charge in [0.15, 0.2) is 0 Å². The van der Waals surface area contributed by atoms with Crippen LogP contribution in [0.2, 0.25) is 0 Å². The summed E-state index contributed by atoms with van der Waals surface area (Å²) < 4.78 is 49.3. The lowest BCUT2D eigenvalue weighted by atomic mass is 9.94. The van der Waals surface area contributed by atoms with Crippen molar-refractivity contribution in [3.05, 3.63) is 120 Å². The minimum Gasteiger partial charge on any atom is -0.494 e. The fourth-order valence-corrected chi connectivity index (χ4v) is 7.99. The fourth-order valence-electron chi connectivity index (χ4n) is 6.16. The molecule has 11 heteroatoms. The van der Waals surface area contributed by atoms with E-state index in [0.717, 1.165) is 46.9 Å². The molecule has 0 unspecified atom stereocenters. The number of sulfonamides is 1. The van der Waals surface area contributed by atoms with E-state index in [1.165, 1.54) is 40.9 Å². The van der Waals surface area contributed by atoms with Crippen molar-refractivity contribution in [3.8, 4) is 5.75 Å². The van der Waals surface area contributed by atoms with Crippen LogP contribution in [-0.2, 0) is 32.6 Å². The highest BCUT2D eigenvalue weighted by Crippen LogP contribution is 2.28. The highest BCUT2D eigenvalue weighted by Gasteiger charge is 2.35. The number of ether oxygens (including phenoxy) is 1. The maximum Gasteiger partial charge on any atom is 0.264 e. The van der Waals surface area contributed by atoms with Gasteiger partial charge < -0.3 is 15.0 Å². The molecule has 1 aliphatic carbocycles. The van der Waals surface area contributed by atoms with E-state index in [9.17, 15) is 22.4 Å². The fraction of sp³-hybridized carbons (Fsp3) is 0.333. The van der Waals surface area contributed by atoms with Crippen molar-refractivity contribution >= 4 is 39.3 Å². The Kier molecular flexibility index (Phi) is 12.9. The maximum atomic E-state index is 14.7. The summed E-state index contributed by atoms with van der Waals surface area (Å²) in [5.41, 5.74) is 1.72. The smallest absolute Gasteiger partial charge is 0.264 e. The van der Waals surface area contributed by atoms with Crippen LogP contribution in [0.15, 0.2) is 113 Å². The van der Waals surface area contributed by atoms with Crippen LogP contribution in [0.3, 0.4) is 0 Å². The number of nitrogens with zero attached hydrogens (tertiary/aromatic N) is 2. The molecule has 5 rings (SSSR count). The second kappa shape index (κ2) is 17.5. The molecule has 2 amide bonds. The molecule has 1 aliphatic rings. The molecule has 0 radical (unpaired) electrons. The molecule has 1 saturated carbocycles. The quantitative estimate of drug-likeness (QED) is 0.131. The Hall–Kier alpha value is -4.35. The highest BCUT2D eigenvalue weighted by molar-refractivity contribution is 7.98. The summed E-state index contributed by atoms with van der Waals surface area (Å²) in [4.78, 5) is 31.3. The molecule has 0 saturated heterocycles. The molecule has 264 valence electrons. The van der Waals surface area contributed by atoms with Crippen molar-refractivity contribution in [3.63, 3.8) is 0 Å². The number of thioether (sulfide) groups is 1. The second-order valence-electron chi connectivity index (χ2n) is 12.3. The molecule has 50 heavy (non-hydrogen) atoms. The molecule has 0 aromatic heterocycles. The predicted octanol–water partition coefficient (Wildman–Crippen LogP) is 7.23. The number of nitrogens with one attached hydrogen (secondary N) is 1. The van der Waals surface area contributed by atoms with Crippen LogP contribution in [0, 0.1) is 5.82 Å². The molecule has 4 aromatic rings. The molecular weight excluding hydrogens is 674 g/mol. The van der Waals surface area contributed by atoms with Gasteiger partial charge >= 0.3 is 0 Å². The number of carbonyl (C=O) groups is 2. The summed E-state index contributed by atoms with van der Waals surface area (Å²) in [6, 6.07) is 27.2. The van der Waals surface area contributed by atoms with Crippen LogP contribution in [-0.4, -0.2) is 56.6 Å². The third kappa shape index (κ3) is 9.66. The van der Waals surface area contributed by atoms with Gasteiger partial charge in [0.05, 0.1) is 17.2 Å². The Morgan fingerprint density at radius 1 is 0.880 bits per heavy atom. The van der Waals surface area contributed by atoms with Gasteiger partial charge in [0.25, 0.3) is 10.0 Å². The van der Waals surface area contributed by atoms with Crippen LogP contribution < -0.4 is 14.4 Å². The lowest BCUT2D eigenvalue weighted by molar-refractivity contribution is -0.140. The standard InChI is InChI=1S/C39H44FN3O5S2/c1-3-48-34-20-18-33(19-21-34)43(50(46,47)36-24-22-35(49-2)23-25-36)28-38(44)42(27-30-14-16-31(40)17-15-30)37(26-29-10-6-4-7-11-29)39(45)41-32-12-8-5-9-13-32/h4,6-7,10-11,14-25,32,37H,3,5,8-9,12-13,26-28H2,1-2H3,(H,41,45)/t37-/m1/s1. The van der Waals surface area contributed by atoms with Crippen LogP contribution in [0.5, 0.6) is 5.75 Å². The van der Waals surface area contributed by atoms with Gasteiger partial charge in [0.2, 0.25) is 11.8 Å². The lowest BCUT2D eigenvalue weighted by Crippen LogP contribution is -2.55. The Morgan fingerprint density at radius 2 is 1.54 bits per heavy atom. The van der Waals surface area contributed by atoms with Crippen molar-refractivity contribution in [2.24, 2.45) is 0 Å². The van der Waals surface area contributed by atoms with Crippen LogP contribution >= 0.6 is 11.8 Å². The predicted molar refractivity (Wildman–Crippen MR) is 196 cm³/mol. The molecule has 0 bridgehead atoms. The van der Waals surface area contributed by atoms with E-state index in [1.54, 1.807) is 48.5 Å². The number of halogens is 1. The SMILES string of the molecule is CCOc1ccc(N(CC(=O)N(Cc2ccc(F)cc2)[C@H](Cc2ccccc2)C(=O)NC2CCCCC2)S(=O)(=O)c2ccc(SC)cc2)cc1. The topological polar surface area (TPSA) is 96.0 Å². The van der Waals surface area contributed by atoms with Gasteiger partial charge in [-0.25, -0.2) is 12.8 Å². The molecular formula is C39H44FN3O5S2. The third-order valence-corrected chi connectivity index (χ3v) is 11.4. The number of carbonyl (C=O) groups excluding carboxylic acids is 2. The minimum atomic E-state index is -4.25. The van der Waals surface area contributed by atoms with Gasteiger partial charge in [-0.3, -0.25) is 13.9 Å². The number of amides is 2. The minimum absolute atomic E-state index is 0.0118. The zero-order chi connectivity index (χ0) is 35.5. The lowest BCUT2D eigenvalue weighted by Gasteiger charge is -2.35. The van der Waals surface area contributed by atoms with Crippen LogP contribution in [0.1, 0.15) is 50.2 Å². The average Bonchev–Trinajstić information content (AvgIpc) is 3.14. The van der Waals surface area contributed by atoms with Gasteiger partial charge in [0.1, 0.15) is 24.2 Å². The normalized spacial score (nSPS) is 14.1. The van der Waals surface area contributed by atoms with Crippen molar-refractivity contribution in [1.29, 1.82) is 0 Å². The Balaban J connectivity index is 1.56. The van der Waals surface area contributed by atoms with E-state index >= 15 is 0 Å². The van der Waals surface area contributed by atoms with Gasteiger partial charge in [-0.05, 0) is 97.8 Å². The monoisotopic (exact) mass is 717 g/mol. The number of anilines is 1. The molecule has 0 aliphatic heterocycles. The van der Waals surface area contributed by atoms with Crippen LogP contribution in [0.4, 0.5) is 10.1 Å². The molecule has 8 nitrogen and oxygen atoms in total. The van der Waals surface area contributed by atoms with Gasteiger partial charge in [-0.2, -0.15) is 0 Å². The Morgan fingerprint density at radius 3 is 2.16 bits per heavy atom. The van der Waals surface area contributed by atoms with Crippen molar-refractivity contribution in [1.82, 2.24) is 10.2 Å². The summed E-state index contributed by atoms with van der Waals surface area (Å²) in [6.07, 6.45) is 6.96. The largest absolute Gasteiger partial charge is 0.494 e. The number of benzene rings is 4. The second-order valence-corrected chi connectivity index (χ2v) is 15.1. The van der Waals surface area contributed by atoms with E-state index < -0.39 is 34.3 Å². The highest BCUT2D eigenvalue weighted by atomic mass is 32.2. The molecule has 1 fully saturated rings. The maximum absolute atomic E-state index is 14.7. The van der Waals surface area contributed by atoms with E-state index in [2.05, 4.69) is 5.32 Å². The van der Waals surface area contributed by atoms with E-state index in [-0.39, 0.29) is 35.5 Å². The number of hydrogen-bond donors (Lipinski definition) is 1. The first kappa shape index (κ1) is 36.9. The summed E-state index contributed by atoms with van der Waals surface area (Å²) in [5.74, 6) is -0.751. The number of hydrogen-bond acceptors (Lipinski definition) is 6. The summed E-state index contributed by atoms with van der Waals surface area (Å²) >= 11 is 1.49.